The van der Waals surface area contributed by atoms with Crippen molar-refractivity contribution < 1.29 is 26.7 Å². The normalized spacial score (nSPS) is 17.4. The predicted molar refractivity (Wildman–Crippen MR) is 114 cm³/mol. The molecule has 1 atom stereocenters. The Balaban J connectivity index is 1.64. The van der Waals surface area contributed by atoms with E-state index in [-0.39, 0.29) is 37.0 Å². The summed E-state index contributed by atoms with van der Waals surface area (Å²) in [6, 6.07) is 10.2. The lowest BCUT2D eigenvalue weighted by Gasteiger charge is -2.37. The van der Waals surface area contributed by atoms with Gasteiger partial charge in [0.25, 0.3) is 0 Å². The zero-order chi connectivity index (χ0) is 22.8. The summed E-state index contributed by atoms with van der Waals surface area (Å²) in [5.41, 5.74) is 0.475. The number of hydrogen-bond donors (Lipinski definition) is 1. The van der Waals surface area contributed by atoms with Crippen LogP contribution in [0.1, 0.15) is 44.7 Å². The molecule has 0 radical (unpaired) electrons. The predicted octanol–water partition coefficient (Wildman–Crippen LogP) is 3.93. The maximum atomic E-state index is 13.6. The van der Waals surface area contributed by atoms with Gasteiger partial charge in [-0.05, 0) is 38.5 Å². The van der Waals surface area contributed by atoms with Crippen LogP contribution in [0.25, 0.3) is 0 Å². The number of anilines is 1. The number of carbonyl (C=O) groups excluding carboxylic acids is 1. The molecule has 0 aliphatic carbocycles. The Morgan fingerprint density at radius 3 is 2.58 bits per heavy atom. The second-order valence-corrected chi connectivity index (χ2v) is 10.2. The van der Waals surface area contributed by atoms with Gasteiger partial charge in [0.05, 0.1) is 18.0 Å². The highest BCUT2D eigenvalue weighted by atomic mass is 32.2. The van der Waals surface area contributed by atoms with Gasteiger partial charge in [-0.3, -0.25) is 9.10 Å². The summed E-state index contributed by atoms with van der Waals surface area (Å²) in [6.45, 7) is 3.87. The van der Waals surface area contributed by atoms with Crippen LogP contribution in [-0.2, 0) is 14.8 Å². The summed E-state index contributed by atoms with van der Waals surface area (Å²) in [7, 11) is -3.73. The average molecular weight is 453 g/mol. The second kappa shape index (κ2) is 8.82. The number of rotatable bonds is 7. The summed E-state index contributed by atoms with van der Waals surface area (Å²) in [5.74, 6) is -1.69. The van der Waals surface area contributed by atoms with Crippen molar-refractivity contribution in [2.75, 3.05) is 17.1 Å². The SMILES string of the molecule is CC1(C)CC(NC(=O)CCCN(c2ccc(F)c(F)c2)S(C)(=O)=O)c2ccccc2O1. The standard InChI is InChI=1S/C22H26F2N2O4S/c1-22(2)14-19(16-7-4-5-8-20(16)30-22)25-21(27)9-6-12-26(31(3,28)29)15-10-11-17(23)18(24)13-15/h4-5,7-8,10-11,13,19H,6,9,12,14H2,1-3H3,(H,25,27). The number of benzene rings is 2. The highest BCUT2D eigenvalue weighted by Gasteiger charge is 2.34. The lowest BCUT2D eigenvalue weighted by molar-refractivity contribution is -0.122. The van der Waals surface area contributed by atoms with Crippen molar-refractivity contribution in [1.29, 1.82) is 0 Å². The van der Waals surface area contributed by atoms with Crippen LogP contribution in [0.2, 0.25) is 0 Å². The third-order valence-electron chi connectivity index (χ3n) is 5.07. The van der Waals surface area contributed by atoms with Crippen LogP contribution in [0.4, 0.5) is 14.5 Å². The van der Waals surface area contributed by atoms with Crippen LogP contribution in [0.5, 0.6) is 5.75 Å². The van der Waals surface area contributed by atoms with Crippen molar-refractivity contribution in [1.82, 2.24) is 5.32 Å². The summed E-state index contributed by atoms with van der Waals surface area (Å²) in [4.78, 5) is 12.6. The van der Waals surface area contributed by atoms with Crippen LogP contribution in [0, 0.1) is 11.6 Å². The van der Waals surface area contributed by atoms with Crippen molar-refractivity contribution in [3.63, 3.8) is 0 Å². The number of para-hydroxylation sites is 1. The Bertz CT molecular complexity index is 1070. The van der Waals surface area contributed by atoms with Gasteiger partial charge in [0.2, 0.25) is 15.9 Å². The molecule has 9 heteroatoms. The number of nitrogens with one attached hydrogen (secondary N) is 1. The molecule has 0 aromatic heterocycles. The Labute approximate surface area is 181 Å². The maximum absolute atomic E-state index is 13.6. The van der Waals surface area contributed by atoms with E-state index in [1.165, 1.54) is 6.07 Å². The molecule has 1 amide bonds. The Hall–Kier alpha value is -2.68. The van der Waals surface area contributed by atoms with Crippen molar-refractivity contribution in [3.8, 4) is 5.75 Å². The molecule has 1 aliphatic heterocycles. The molecule has 0 bridgehead atoms. The monoisotopic (exact) mass is 452 g/mol. The Kier molecular flexibility index (Phi) is 6.54. The van der Waals surface area contributed by atoms with Gasteiger partial charge < -0.3 is 10.1 Å². The molecule has 31 heavy (non-hydrogen) atoms. The van der Waals surface area contributed by atoms with Gasteiger partial charge in [0, 0.05) is 31.0 Å². The minimum absolute atomic E-state index is 0.0157. The van der Waals surface area contributed by atoms with Gasteiger partial charge in [-0.1, -0.05) is 18.2 Å². The van der Waals surface area contributed by atoms with Crippen molar-refractivity contribution >= 4 is 21.6 Å². The first kappa shape index (κ1) is 23.0. The van der Waals surface area contributed by atoms with E-state index in [0.717, 1.165) is 34.0 Å². The smallest absolute Gasteiger partial charge is 0.232 e. The van der Waals surface area contributed by atoms with E-state index in [4.69, 9.17) is 4.74 Å². The van der Waals surface area contributed by atoms with E-state index in [1.807, 2.05) is 38.1 Å². The van der Waals surface area contributed by atoms with Crippen LogP contribution in [0.3, 0.4) is 0 Å². The van der Waals surface area contributed by atoms with Gasteiger partial charge >= 0.3 is 0 Å². The van der Waals surface area contributed by atoms with Crippen LogP contribution in [0.15, 0.2) is 42.5 Å². The molecule has 3 rings (SSSR count). The average Bonchev–Trinajstić information content (AvgIpc) is 2.66. The lowest BCUT2D eigenvalue weighted by Crippen LogP contribution is -2.41. The number of fused-ring (bicyclic) bond motifs is 1. The summed E-state index contributed by atoms with van der Waals surface area (Å²) in [6.07, 6.45) is 1.87. The van der Waals surface area contributed by atoms with Crippen molar-refractivity contribution in [2.24, 2.45) is 0 Å². The third kappa shape index (κ3) is 5.72. The first-order chi connectivity index (χ1) is 14.5. The van der Waals surface area contributed by atoms with Gasteiger partial charge in [-0.15, -0.1) is 0 Å². The fraction of sp³-hybridized carbons (Fsp3) is 0.409. The minimum atomic E-state index is -3.73. The molecule has 168 valence electrons. The first-order valence-corrected chi connectivity index (χ1v) is 11.8. The molecule has 1 heterocycles. The van der Waals surface area contributed by atoms with E-state index in [1.54, 1.807) is 0 Å². The highest BCUT2D eigenvalue weighted by molar-refractivity contribution is 7.92. The molecular formula is C22H26F2N2O4S. The molecule has 0 saturated carbocycles. The fourth-order valence-corrected chi connectivity index (χ4v) is 4.66. The largest absolute Gasteiger partial charge is 0.487 e. The third-order valence-corrected chi connectivity index (χ3v) is 6.26. The summed E-state index contributed by atoms with van der Waals surface area (Å²) >= 11 is 0. The topological polar surface area (TPSA) is 75.7 Å². The van der Waals surface area contributed by atoms with Gasteiger partial charge in [0.1, 0.15) is 11.4 Å². The van der Waals surface area contributed by atoms with Gasteiger partial charge in [-0.25, -0.2) is 17.2 Å². The first-order valence-electron chi connectivity index (χ1n) is 9.96. The van der Waals surface area contributed by atoms with E-state index >= 15 is 0 Å². The number of nitrogens with zero attached hydrogens (tertiary/aromatic N) is 1. The van der Waals surface area contributed by atoms with E-state index in [9.17, 15) is 22.0 Å². The van der Waals surface area contributed by atoms with Crippen molar-refractivity contribution in [3.05, 3.63) is 59.7 Å². The molecule has 1 aliphatic rings. The zero-order valence-corrected chi connectivity index (χ0v) is 18.5. The van der Waals surface area contributed by atoms with Crippen molar-refractivity contribution in [2.45, 2.75) is 44.8 Å². The molecule has 1 unspecified atom stereocenters. The maximum Gasteiger partial charge on any atom is 0.232 e. The number of hydrogen-bond acceptors (Lipinski definition) is 4. The molecule has 6 nitrogen and oxygen atoms in total. The molecule has 0 fully saturated rings. The molecular weight excluding hydrogens is 426 g/mol. The highest BCUT2D eigenvalue weighted by Crippen LogP contribution is 2.39. The molecule has 2 aromatic rings. The van der Waals surface area contributed by atoms with Gasteiger partial charge in [-0.2, -0.15) is 0 Å². The van der Waals surface area contributed by atoms with E-state index < -0.39 is 27.3 Å². The van der Waals surface area contributed by atoms with Crippen LogP contribution < -0.4 is 14.4 Å². The molecule has 0 spiro atoms. The number of carbonyl (C=O) groups is 1. The second-order valence-electron chi connectivity index (χ2n) is 8.26. The Morgan fingerprint density at radius 1 is 1.19 bits per heavy atom. The van der Waals surface area contributed by atoms with Gasteiger partial charge in [0.15, 0.2) is 11.6 Å². The van der Waals surface area contributed by atoms with Crippen LogP contribution in [-0.4, -0.2) is 32.7 Å². The summed E-state index contributed by atoms with van der Waals surface area (Å²) in [5, 5.41) is 3.00. The lowest BCUT2D eigenvalue weighted by atomic mass is 9.89. The van der Waals surface area contributed by atoms with Crippen LogP contribution >= 0.6 is 0 Å². The molecule has 0 saturated heterocycles. The Morgan fingerprint density at radius 2 is 1.90 bits per heavy atom. The zero-order valence-electron chi connectivity index (χ0n) is 17.7. The fourth-order valence-electron chi connectivity index (χ4n) is 3.71. The summed E-state index contributed by atoms with van der Waals surface area (Å²) < 4.78 is 57.9. The van der Waals surface area contributed by atoms with E-state index in [2.05, 4.69) is 5.32 Å². The van der Waals surface area contributed by atoms with E-state index in [0.29, 0.717) is 6.42 Å². The number of halogens is 2. The quantitative estimate of drug-likeness (QED) is 0.691. The molecule has 1 N–H and O–H groups in total. The number of amides is 1. The number of sulfonamides is 1. The molecule has 2 aromatic carbocycles. The minimum Gasteiger partial charge on any atom is -0.487 e. The number of ether oxygens (including phenoxy) is 1.